The Bertz CT molecular complexity index is 664. The first-order valence-electron chi connectivity index (χ1n) is 8.92. The number of nitrogens with two attached hydrogens (primary N) is 1. The second-order valence-electron chi connectivity index (χ2n) is 7.08. The number of hydrogen-bond donors (Lipinski definition) is 1. The van der Waals surface area contributed by atoms with Crippen molar-refractivity contribution in [3.63, 3.8) is 0 Å². The molecule has 2 aromatic carbocycles. The molecule has 0 amide bonds. The zero-order valence-electron chi connectivity index (χ0n) is 14.9. The maximum absolute atomic E-state index is 5.75. The molecule has 0 aromatic heterocycles. The van der Waals surface area contributed by atoms with Gasteiger partial charge in [0.1, 0.15) is 0 Å². The van der Waals surface area contributed by atoms with Crippen LogP contribution in [0.3, 0.4) is 0 Å². The number of hydrogen-bond acceptors (Lipinski definition) is 2. The number of piperidine rings is 1. The first kappa shape index (κ1) is 20.3. The van der Waals surface area contributed by atoms with Crippen molar-refractivity contribution in [1.29, 1.82) is 0 Å². The summed E-state index contributed by atoms with van der Waals surface area (Å²) in [5.41, 5.74) is 10.8. The molecule has 1 heterocycles. The van der Waals surface area contributed by atoms with E-state index in [9.17, 15) is 0 Å². The van der Waals surface area contributed by atoms with E-state index >= 15 is 0 Å². The number of halogens is 2. The number of likely N-dealkylation sites (tertiary alicyclic amines) is 1. The van der Waals surface area contributed by atoms with Gasteiger partial charge in [-0.05, 0) is 80.9 Å². The van der Waals surface area contributed by atoms with Crippen molar-refractivity contribution in [3.05, 3.63) is 63.6 Å². The van der Waals surface area contributed by atoms with E-state index in [4.69, 9.17) is 5.73 Å². The first-order chi connectivity index (χ1) is 11.6. The van der Waals surface area contributed by atoms with Gasteiger partial charge < -0.3 is 10.6 Å². The van der Waals surface area contributed by atoms with Crippen LogP contribution in [0.5, 0.6) is 0 Å². The second kappa shape index (κ2) is 9.61. The van der Waals surface area contributed by atoms with Gasteiger partial charge in [-0.3, -0.25) is 0 Å². The van der Waals surface area contributed by atoms with Crippen molar-refractivity contribution in [2.45, 2.75) is 32.6 Å². The van der Waals surface area contributed by atoms with Gasteiger partial charge in [0.25, 0.3) is 0 Å². The Hall–Kier alpha value is -1.03. The van der Waals surface area contributed by atoms with Crippen molar-refractivity contribution >= 4 is 34.0 Å². The topological polar surface area (TPSA) is 29.3 Å². The normalized spacial score (nSPS) is 15.8. The van der Waals surface area contributed by atoms with Gasteiger partial charge in [-0.1, -0.05) is 45.8 Å². The molecule has 1 fully saturated rings. The van der Waals surface area contributed by atoms with Crippen LogP contribution >= 0.6 is 28.3 Å². The Morgan fingerprint density at radius 1 is 1.08 bits per heavy atom. The first-order valence-corrected chi connectivity index (χ1v) is 9.71. The second-order valence-corrected chi connectivity index (χ2v) is 7.93. The molecular weight excluding hydrogens is 396 g/mol. The third-order valence-electron chi connectivity index (χ3n) is 5.11. The fraction of sp³-hybridized carbons (Fsp3) is 0.429. The molecule has 1 aliphatic heterocycles. The molecule has 2 aromatic rings. The number of benzene rings is 2. The Morgan fingerprint density at radius 2 is 1.76 bits per heavy atom. The third kappa shape index (κ3) is 6.02. The monoisotopic (exact) mass is 422 g/mol. The number of aryl methyl sites for hydroxylation is 1. The quantitative estimate of drug-likeness (QED) is 0.665. The molecule has 0 aliphatic carbocycles. The average molecular weight is 424 g/mol. The Balaban J connectivity index is 0.00000225. The Morgan fingerprint density at radius 3 is 2.44 bits per heavy atom. The van der Waals surface area contributed by atoms with Gasteiger partial charge in [0.05, 0.1) is 0 Å². The highest BCUT2D eigenvalue weighted by molar-refractivity contribution is 9.10. The molecule has 1 aliphatic rings. The highest BCUT2D eigenvalue weighted by Gasteiger charge is 2.20. The van der Waals surface area contributed by atoms with Gasteiger partial charge in [-0.25, -0.2) is 0 Å². The van der Waals surface area contributed by atoms with E-state index < -0.39 is 0 Å². The third-order valence-corrected chi connectivity index (χ3v) is 5.89. The van der Waals surface area contributed by atoms with E-state index in [0.717, 1.165) is 24.6 Å². The fourth-order valence-electron chi connectivity index (χ4n) is 3.56. The lowest BCUT2D eigenvalue weighted by Crippen LogP contribution is -2.35. The van der Waals surface area contributed by atoms with Crippen LogP contribution in [0.15, 0.2) is 46.9 Å². The molecule has 1 saturated heterocycles. The maximum Gasteiger partial charge on any atom is 0.0314 e. The molecular formula is C21H28BrClN2. The minimum atomic E-state index is 0. The average Bonchev–Trinajstić information content (AvgIpc) is 2.59. The van der Waals surface area contributed by atoms with Gasteiger partial charge in [-0.2, -0.15) is 0 Å². The summed E-state index contributed by atoms with van der Waals surface area (Å²) < 4.78 is 1.26. The largest absolute Gasteiger partial charge is 0.399 e. The van der Waals surface area contributed by atoms with E-state index in [1.807, 2.05) is 12.1 Å². The SMILES string of the molecule is Cc1ccc(Br)c(CC2CCN(CCc3ccc(N)cc3)CC2)c1.Cl. The standard InChI is InChI=1S/C21H27BrN2.ClH/c1-16-2-7-21(22)19(14-16)15-18-9-12-24(13-10-18)11-8-17-3-5-20(23)6-4-17;/h2-7,14,18H,8-13,15,23H2,1H3;1H. The van der Waals surface area contributed by atoms with Crippen LogP contribution in [0.2, 0.25) is 0 Å². The van der Waals surface area contributed by atoms with Crippen LogP contribution in [0, 0.1) is 12.8 Å². The van der Waals surface area contributed by atoms with E-state index in [1.54, 1.807) is 0 Å². The van der Waals surface area contributed by atoms with Crippen LogP contribution in [-0.2, 0) is 12.8 Å². The predicted octanol–water partition coefficient (Wildman–Crippen LogP) is 5.26. The Labute approximate surface area is 166 Å². The maximum atomic E-state index is 5.75. The lowest BCUT2D eigenvalue weighted by atomic mass is 9.89. The molecule has 0 unspecified atom stereocenters. The summed E-state index contributed by atoms with van der Waals surface area (Å²) in [7, 11) is 0. The minimum absolute atomic E-state index is 0. The molecule has 2 N–H and O–H groups in total. The van der Waals surface area contributed by atoms with Gasteiger partial charge in [-0.15, -0.1) is 12.4 Å². The van der Waals surface area contributed by atoms with Gasteiger partial charge in [0.15, 0.2) is 0 Å². The number of nitrogens with zero attached hydrogens (tertiary/aromatic N) is 1. The Kier molecular flexibility index (Phi) is 7.80. The number of rotatable bonds is 5. The molecule has 25 heavy (non-hydrogen) atoms. The summed E-state index contributed by atoms with van der Waals surface area (Å²) in [6.07, 6.45) is 4.94. The molecule has 2 nitrogen and oxygen atoms in total. The van der Waals surface area contributed by atoms with E-state index in [1.165, 1.54) is 53.5 Å². The van der Waals surface area contributed by atoms with Crippen LogP contribution in [-0.4, -0.2) is 24.5 Å². The van der Waals surface area contributed by atoms with Crippen molar-refractivity contribution in [1.82, 2.24) is 4.90 Å². The summed E-state index contributed by atoms with van der Waals surface area (Å²) in [5.74, 6) is 0.816. The van der Waals surface area contributed by atoms with Gasteiger partial charge >= 0.3 is 0 Å². The number of nitrogen functional groups attached to an aromatic ring is 1. The van der Waals surface area contributed by atoms with Crippen molar-refractivity contribution in [2.75, 3.05) is 25.4 Å². The highest BCUT2D eigenvalue weighted by Crippen LogP contribution is 2.26. The highest BCUT2D eigenvalue weighted by atomic mass is 79.9. The fourth-order valence-corrected chi connectivity index (χ4v) is 3.97. The zero-order valence-corrected chi connectivity index (χ0v) is 17.3. The summed E-state index contributed by atoms with van der Waals surface area (Å²) in [4.78, 5) is 2.61. The number of anilines is 1. The summed E-state index contributed by atoms with van der Waals surface area (Å²) in [6, 6.07) is 15.0. The van der Waals surface area contributed by atoms with Crippen LogP contribution < -0.4 is 5.73 Å². The lowest BCUT2D eigenvalue weighted by molar-refractivity contribution is 0.186. The molecule has 0 bridgehead atoms. The van der Waals surface area contributed by atoms with E-state index in [0.29, 0.717) is 0 Å². The van der Waals surface area contributed by atoms with Gasteiger partial charge in [0.2, 0.25) is 0 Å². The lowest BCUT2D eigenvalue weighted by Gasteiger charge is -2.32. The molecule has 0 radical (unpaired) electrons. The zero-order chi connectivity index (χ0) is 16.9. The predicted molar refractivity (Wildman–Crippen MR) is 114 cm³/mol. The van der Waals surface area contributed by atoms with Crippen LogP contribution in [0.25, 0.3) is 0 Å². The summed E-state index contributed by atoms with van der Waals surface area (Å²) >= 11 is 3.71. The molecule has 136 valence electrons. The summed E-state index contributed by atoms with van der Waals surface area (Å²) in [6.45, 7) is 5.78. The smallest absolute Gasteiger partial charge is 0.0314 e. The van der Waals surface area contributed by atoms with Crippen molar-refractivity contribution in [2.24, 2.45) is 5.92 Å². The molecule has 0 saturated carbocycles. The molecule has 0 spiro atoms. The van der Waals surface area contributed by atoms with Crippen molar-refractivity contribution in [3.8, 4) is 0 Å². The van der Waals surface area contributed by atoms with Gasteiger partial charge in [0, 0.05) is 16.7 Å². The minimum Gasteiger partial charge on any atom is -0.399 e. The van der Waals surface area contributed by atoms with Crippen LogP contribution in [0.1, 0.15) is 29.5 Å². The van der Waals surface area contributed by atoms with E-state index in [2.05, 4.69) is 58.1 Å². The van der Waals surface area contributed by atoms with Crippen molar-refractivity contribution < 1.29 is 0 Å². The molecule has 3 rings (SSSR count). The summed E-state index contributed by atoms with van der Waals surface area (Å²) in [5, 5.41) is 0. The van der Waals surface area contributed by atoms with E-state index in [-0.39, 0.29) is 12.4 Å². The molecule has 4 heteroatoms. The van der Waals surface area contributed by atoms with Crippen LogP contribution in [0.4, 0.5) is 5.69 Å². The molecule has 0 atom stereocenters.